The summed E-state index contributed by atoms with van der Waals surface area (Å²) < 4.78 is 7.12. The number of ether oxygens (including phenoxy) is 1. The van der Waals surface area contributed by atoms with Crippen molar-refractivity contribution in [2.45, 2.75) is 37.8 Å². The number of nitrogens with one attached hydrogen (secondary N) is 1. The molecule has 37 heavy (non-hydrogen) atoms. The van der Waals surface area contributed by atoms with Crippen LogP contribution in [-0.4, -0.2) is 32.7 Å². The largest absolute Gasteiger partial charge is 0.494 e. The van der Waals surface area contributed by atoms with Crippen LogP contribution in [0, 0.1) is 10.1 Å². The van der Waals surface area contributed by atoms with Crippen molar-refractivity contribution < 1.29 is 14.5 Å². The molecule has 0 saturated carbocycles. The molecule has 2 aromatic carbocycles. The fourth-order valence-corrected chi connectivity index (χ4v) is 6.48. The van der Waals surface area contributed by atoms with Crippen LogP contribution in [0.4, 0.5) is 11.4 Å². The minimum Gasteiger partial charge on any atom is -0.494 e. The number of aryl methyl sites for hydroxylation is 2. The Bertz CT molecular complexity index is 1530. The van der Waals surface area contributed by atoms with Crippen molar-refractivity contribution >= 4 is 50.6 Å². The van der Waals surface area contributed by atoms with Crippen LogP contribution in [0.3, 0.4) is 0 Å². The maximum absolute atomic E-state index is 13.8. The molecule has 9 nitrogen and oxygen atoms in total. The number of rotatable bonds is 8. The fraction of sp³-hybridized carbons (Fsp3) is 0.269. The maximum atomic E-state index is 13.8. The summed E-state index contributed by atoms with van der Waals surface area (Å²) in [7, 11) is 0. The van der Waals surface area contributed by atoms with E-state index in [2.05, 4.69) is 5.32 Å². The van der Waals surface area contributed by atoms with Gasteiger partial charge in [0.25, 0.3) is 11.2 Å². The number of thiophene rings is 1. The van der Waals surface area contributed by atoms with Crippen LogP contribution in [0.1, 0.15) is 30.2 Å². The first-order valence-electron chi connectivity index (χ1n) is 11.9. The number of nitrogens with zero attached hydrogens (tertiary/aromatic N) is 3. The second kappa shape index (κ2) is 10.7. The molecule has 1 amide bonds. The number of benzene rings is 2. The minimum absolute atomic E-state index is 0.0110. The zero-order valence-electron chi connectivity index (χ0n) is 20.1. The van der Waals surface area contributed by atoms with Gasteiger partial charge in [-0.15, -0.1) is 11.3 Å². The normalized spacial score (nSPS) is 12.8. The molecule has 0 aliphatic heterocycles. The predicted octanol–water partition coefficient (Wildman–Crippen LogP) is 5.36. The van der Waals surface area contributed by atoms with Crippen molar-refractivity contribution in [3.63, 3.8) is 0 Å². The van der Waals surface area contributed by atoms with Gasteiger partial charge in [0.15, 0.2) is 5.16 Å². The first-order chi connectivity index (χ1) is 17.9. The number of nitro groups is 1. The van der Waals surface area contributed by atoms with Crippen LogP contribution < -0.4 is 15.6 Å². The summed E-state index contributed by atoms with van der Waals surface area (Å²) in [6.45, 7) is 2.45. The Morgan fingerprint density at radius 3 is 2.59 bits per heavy atom. The smallest absolute Gasteiger partial charge is 0.269 e. The van der Waals surface area contributed by atoms with Crippen molar-refractivity contribution in [1.29, 1.82) is 0 Å². The number of carbonyl (C=O) groups excluding carboxylic acids is 1. The number of anilines is 1. The topological polar surface area (TPSA) is 116 Å². The summed E-state index contributed by atoms with van der Waals surface area (Å²) in [5, 5.41) is 14.7. The van der Waals surface area contributed by atoms with Crippen LogP contribution in [0.25, 0.3) is 15.9 Å². The van der Waals surface area contributed by atoms with Crippen molar-refractivity contribution in [3.8, 4) is 11.4 Å². The van der Waals surface area contributed by atoms with Crippen molar-refractivity contribution in [2.75, 3.05) is 17.7 Å². The van der Waals surface area contributed by atoms with Gasteiger partial charge in [0, 0.05) is 22.7 Å². The van der Waals surface area contributed by atoms with Crippen LogP contribution in [-0.2, 0) is 17.6 Å². The molecule has 0 spiro atoms. The van der Waals surface area contributed by atoms with Gasteiger partial charge in [-0.05, 0) is 74.6 Å². The van der Waals surface area contributed by atoms with Crippen molar-refractivity contribution in [3.05, 3.63) is 79.4 Å². The highest BCUT2D eigenvalue weighted by atomic mass is 32.2. The zero-order valence-corrected chi connectivity index (χ0v) is 21.7. The molecule has 0 fully saturated rings. The van der Waals surface area contributed by atoms with Crippen LogP contribution in [0.5, 0.6) is 5.75 Å². The van der Waals surface area contributed by atoms with E-state index >= 15 is 0 Å². The molecule has 5 rings (SSSR count). The summed E-state index contributed by atoms with van der Waals surface area (Å²) in [6.07, 6.45) is 4.00. The second-order valence-electron chi connectivity index (χ2n) is 8.49. The lowest BCUT2D eigenvalue weighted by Gasteiger charge is -2.14. The van der Waals surface area contributed by atoms with Crippen LogP contribution in [0.2, 0.25) is 0 Å². The van der Waals surface area contributed by atoms with Gasteiger partial charge in [-0.2, -0.15) is 0 Å². The molecular formula is C26H24N4O5S2. The monoisotopic (exact) mass is 536 g/mol. The van der Waals surface area contributed by atoms with Crippen molar-refractivity contribution in [1.82, 2.24) is 9.55 Å². The zero-order chi connectivity index (χ0) is 25.9. The Hall–Kier alpha value is -3.70. The lowest BCUT2D eigenvalue weighted by atomic mass is 9.97. The lowest BCUT2D eigenvalue weighted by molar-refractivity contribution is -0.384. The summed E-state index contributed by atoms with van der Waals surface area (Å²) in [6, 6.07) is 12.9. The van der Waals surface area contributed by atoms with E-state index in [1.54, 1.807) is 15.9 Å². The van der Waals surface area contributed by atoms with E-state index in [4.69, 9.17) is 9.72 Å². The quantitative estimate of drug-likeness (QED) is 0.139. The molecule has 0 saturated heterocycles. The van der Waals surface area contributed by atoms with E-state index in [-0.39, 0.29) is 22.9 Å². The van der Waals surface area contributed by atoms with E-state index in [0.29, 0.717) is 39.1 Å². The number of thioether (sulfide) groups is 1. The number of hydrogen-bond acceptors (Lipinski definition) is 8. The number of amides is 1. The standard InChI is InChI=1S/C26H24N4O5S2/c1-2-35-19-13-11-17(12-14-19)29-25(32)23-20-5-3-4-6-21(20)37-24(23)28-26(29)36-15-22(31)27-16-7-9-18(10-8-16)30(33)34/h7-14H,2-6,15H2,1H3,(H,27,31). The Morgan fingerprint density at radius 1 is 1.16 bits per heavy atom. The van der Waals surface area contributed by atoms with Gasteiger partial charge in [0.2, 0.25) is 5.91 Å². The molecule has 0 bridgehead atoms. The third kappa shape index (κ3) is 5.23. The summed E-state index contributed by atoms with van der Waals surface area (Å²) in [4.78, 5) is 43.7. The minimum atomic E-state index is -0.494. The summed E-state index contributed by atoms with van der Waals surface area (Å²) >= 11 is 2.74. The van der Waals surface area contributed by atoms with E-state index in [9.17, 15) is 19.7 Å². The van der Waals surface area contributed by atoms with Crippen LogP contribution in [0.15, 0.2) is 58.5 Å². The van der Waals surface area contributed by atoms with Gasteiger partial charge in [-0.1, -0.05) is 11.8 Å². The summed E-state index contributed by atoms with van der Waals surface area (Å²) in [5.41, 5.74) is 2.02. The molecule has 0 radical (unpaired) electrons. The van der Waals surface area contributed by atoms with Crippen molar-refractivity contribution in [2.24, 2.45) is 0 Å². The van der Waals surface area contributed by atoms with Gasteiger partial charge in [-0.25, -0.2) is 4.98 Å². The average Bonchev–Trinajstić information content (AvgIpc) is 3.27. The molecular weight excluding hydrogens is 512 g/mol. The summed E-state index contributed by atoms with van der Waals surface area (Å²) in [5.74, 6) is 0.409. The Morgan fingerprint density at radius 2 is 1.89 bits per heavy atom. The number of fused-ring (bicyclic) bond motifs is 3. The maximum Gasteiger partial charge on any atom is 0.269 e. The first kappa shape index (κ1) is 25.0. The highest BCUT2D eigenvalue weighted by molar-refractivity contribution is 7.99. The number of non-ortho nitro benzene ring substituents is 1. The van der Waals surface area contributed by atoms with E-state index in [1.165, 1.54) is 40.9 Å². The molecule has 0 unspecified atom stereocenters. The SMILES string of the molecule is CCOc1ccc(-n2c(SCC(=O)Nc3ccc([N+](=O)[O-])cc3)nc3sc4c(c3c2=O)CCCC4)cc1. The van der Waals surface area contributed by atoms with E-state index in [0.717, 1.165) is 31.2 Å². The second-order valence-corrected chi connectivity index (χ2v) is 10.5. The number of carbonyl (C=O) groups is 1. The Labute approximate surface area is 220 Å². The predicted molar refractivity (Wildman–Crippen MR) is 145 cm³/mol. The molecule has 2 aromatic heterocycles. The number of aromatic nitrogens is 2. The third-order valence-corrected chi connectivity index (χ3v) is 8.18. The molecule has 1 aliphatic rings. The van der Waals surface area contributed by atoms with Gasteiger partial charge >= 0.3 is 0 Å². The van der Waals surface area contributed by atoms with Gasteiger partial charge in [-0.3, -0.25) is 24.3 Å². The average molecular weight is 537 g/mol. The third-order valence-electron chi connectivity index (χ3n) is 6.06. The highest BCUT2D eigenvalue weighted by Gasteiger charge is 2.23. The van der Waals surface area contributed by atoms with E-state index < -0.39 is 4.92 Å². The first-order valence-corrected chi connectivity index (χ1v) is 13.7. The fourth-order valence-electron chi connectivity index (χ4n) is 4.36. The van der Waals surface area contributed by atoms with Gasteiger partial charge in [0.05, 0.1) is 28.4 Å². The molecule has 0 atom stereocenters. The highest BCUT2D eigenvalue weighted by Crippen LogP contribution is 2.35. The molecule has 11 heteroatoms. The Kier molecular flexibility index (Phi) is 7.24. The molecule has 190 valence electrons. The molecule has 2 heterocycles. The van der Waals surface area contributed by atoms with Gasteiger partial charge < -0.3 is 10.1 Å². The molecule has 1 aliphatic carbocycles. The number of nitro benzene ring substituents is 1. The lowest BCUT2D eigenvalue weighted by Crippen LogP contribution is -2.23. The number of hydrogen-bond donors (Lipinski definition) is 1. The van der Waals surface area contributed by atoms with Crippen LogP contribution >= 0.6 is 23.1 Å². The van der Waals surface area contributed by atoms with E-state index in [1.807, 2.05) is 31.2 Å². The van der Waals surface area contributed by atoms with Gasteiger partial charge in [0.1, 0.15) is 10.6 Å². The Balaban J connectivity index is 1.46. The molecule has 1 N–H and O–H groups in total. The molecule has 4 aromatic rings.